The second-order valence-corrected chi connectivity index (χ2v) is 3.74. The molecule has 82 valence electrons. The lowest BCUT2D eigenvalue weighted by atomic mass is 10.1. The average molecular weight is 213 g/mol. The van der Waals surface area contributed by atoms with Crippen LogP contribution >= 0.6 is 0 Å². The van der Waals surface area contributed by atoms with Gasteiger partial charge in [-0.3, -0.25) is 4.98 Å². The van der Waals surface area contributed by atoms with Crippen LogP contribution in [0.3, 0.4) is 0 Å². The quantitative estimate of drug-likeness (QED) is 0.727. The highest BCUT2D eigenvalue weighted by molar-refractivity contribution is 5.85. The summed E-state index contributed by atoms with van der Waals surface area (Å²) in [4.78, 5) is 4.26. The minimum Gasteiger partial charge on any atom is -0.494 e. The highest BCUT2D eigenvalue weighted by Gasteiger charge is 2.01. The van der Waals surface area contributed by atoms with Gasteiger partial charge in [-0.2, -0.15) is 0 Å². The summed E-state index contributed by atoms with van der Waals surface area (Å²) >= 11 is 0. The number of fused-ring (bicyclic) bond motifs is 1. The summed E-state index contributed by atoms with van der Waals surface area (Å²) in [7, 11) is 0. The van der Waals surface area contributed by atoms with Crippen molar-refractivity contribution < 1.29 is 4.74 Å². The predicted octanol–water partition coefficient (Wildman–Crippen LogP) is 3.55. The van der Waals surface area contributed by atoms with E-state index in [-0.39, 0.29) is 0 Å². The number of aromatic nitrogens is 1. The zero-order valence-corrected chi connectivity index (χ0v) is 9.66. The van der Waals surface area contributed by atoms with E-state index in [1.54, 1.807) is 0 Å². The Kier molecular flexibility index (Phi) is 2.91. The second kappa shape index (κ2) is 4.35. The Balaban J connectivity index is 2.46. The van der Waals surface area contributed by atoms with Crippen LogP contribution in [0.4, 0.5) is 0 Å². The lowest BCUT2D eigenvalue weighted by Gasteiger charge is -2.08. The molecule has 0 amide bonds. The van der Waals surface area contributed by atoms with Gasteiger partial charge in [-0.15, -0.1) is 0 Å². The summed E-state index contributed by atoms with van der Waals surface area (Å²) in [5, 5.41) is 2.31. The maximum atomic E-state index is 5.40. The first-order valence-electron chi connectivity index (χ1n) is 5.39. The number of benzene rings is 1. The van der Waals surface area contributed by atoms with Gasteiger partial charge < -0.3 is 4.74 Å². The van der Waals surface area contributed by atoms with Gasteiger partial charge in [0.1, 0.15) is 5.76 Å². The molecular formula is C14H15NO. The number of aryl methyl sites for hydroxylation is 1. The lowest BCUT2D eigenvalue weighted by molar-refractivity contribution is 0.299. The summed E-state index contributed by atoms with van der Waals surface area (Å²) < 4.78 is 5.40. The van der Waals surface area contributed by atoms with Crippen molar-refractivity contribution in [3.8, 4) is 0 Å². The van der Waals surface area contributed by atoms with Gasteiger partial charge in [0.2, 0.25) is 0 Å². The molecule has 0 fully saturated rings. The van der Waals surface area contributed by atoms with E-state index in [0.29, 0.717) is 6.61 Å². The molecule has 1 aromatic heterocycles. The molecule has 0 atom stereocenters. The number of hydrogen-bond acceptors (Lipinski definition) is 2. The SMILES string of the molecule is C=C(OCC)c1ccc2cnc(C)cc2c1. The van der Waals surface area contributed by atoms with Crippen molar-refractivity contribution in [3.05, 3.63) is 48.3 Å². The van der Waals surface area contributed by atoms with Crippen molar-refractivity contribution >= 4 is 16.5 Å². The monoisotopic (exact) mass is 213 g/mol. The molecule has 0 N–H and O–H groups in total. The molecule has 16 heavy (non-hydrogen) atoms. The smallest absolute Gasteiger partial charge is 0.119 e. The molecular weight excluding hydrogens is 198 g/mol. The van der Waals surface area contributed by atoms with Crippen LogP contribution in [0.25, 0.3) is 16.5 Å². The minimum absolute atomic E-state index is 0.645. The van der Waals surface area contributed by atoms with E-state index in [0.717, 1.165) is 22.4 Å². The average Bonchev–Trinajstić information content (AvgIpc) is 2.28. The van der Waals surface area contributed by atoms with Gasteiger partial charge in [0, 0.05) is 22.8 Å². The zero-order chi connectivity index (χ0) is 11.5. The first-order chi connectivity index (χ1) is 7.70. The van der Waals surface area contributed by atoms with Crippen LogP contribution < -0.4 is 0 Å². The van der Waals surface area contributed by atoms with Crippen LogP contribution in [0.15, 0.2) is 37.0 Å². The van der Waals surface area contributed by atoms with Gasteiger partial charge in [0.05, 0.1) is 6.61 Å². The van der Waals surface area contributed by atoms with Crippen molar-refractivity contribution in [2.24, 2.45) is 0 Å². The molecule has 0 aliphatic carbocycles. The molecule has 0 aliphatic rings. The van der Waals surface area contributed by atoms with Crippen LogP contribution in [-0.2, 0) is 4.74 Å². The van der Waals surface area contributed by atoms with Crippen LogP contribution in [0.5, 0.6) is 0 Å². The van der Waals surface area contributed by atoms with E-state index < -0.39 is 0 Å². The molecule has 1 aromatic carbocycles. The minimum atomic E-state index is 0.645. The number of ether oxygens (including phenoxy) is 1. The maximum Gasteiger partial charge on any atom is 0.119 e. The molecule has 2 aromatic rings. The fourth-order valence-corrected chi connectivity index (χ4v) is 1.68. The zero-order valence-electron chi connectivity index (χ0n) is 9.66. The van der Waals surface area contributed by atoms with Crippen molar-refractivity contribution in [2.45, 2.75) is 13.8 Å². The highest BCUT2D eigenvalue weighted by atomic mass is 16.5. The molecule has 0 bridgehead atoms. The van der Waals surface area contributed by atoms with Crippen LogP contribution in [0.2, 0.25) is 0 Å². The standard InChI is InChI=1S/C14H15NO/c1-4-16-11(3)12-5-6-13-9-15-10(2)7-14(13)8-12/h5-9H,3-4H2,1-2H3. The molecule has 0 aliphatic heterocycles. The summed E-state index contributed by atoms with van der Waals surface area (Å²) in [5.74, 6) is 0.721. The Hall–Kier alpha value is -1.83. The van der Waals surface area contributed by atoms with E-state index in [2.05, 4.69) is 23.7 Å². The Morgan fingerprint density at radius 3 is 2.88 bits per heavy atom. The highest BCUT2D eigenvalue weighted by Crippen LogP contribution is 2.21. The largest absolute Gasteiger partial charge is 0.494 e. The Bertz CT molecular complexity index is 531. The van der Waals surface area contributed by atoms with Gasteiger partial charge in [-0.05, 0) is 31.4 Å². The molecule has 0 spiro atoms. The molecule has 1 heterocycles. The maximum absolute atomic E-state index is 5.40. The van der Waals surface area contributed by atoms with E-state index in [9.17, 15) is 0 Å². The molecule has 0 saturated carbocycles. The van der Waals surface area contributed by atoms with E-state index in [1.807, 2.05) is 32.2 Å². The molecule has 2 rings (SSSR count). The van der Waals surface area contributed by atoms with Gasteiger partial charge in [-0.1, -0.05) is 18.7 Å². The van der Waals surface area contributed by atoms with Gasteiger partial charge in [0.15, 0.2) is 0 Å². The summed E-state index contributed by atoms with van der Waals surface area (Å²) in [6.45, 7) is 8.50. The number of hydrogen-bond donors (Lipinski definition) is 0. The Morgan fingerprint density at radius 1 is 1.31 bits per heavy atom. The van der Waals surface area contributed by atoms with E-state index in [4.69, 9.17) is 4.74 Å². The normalized spacial score (nSPS) is 10.4. The summed E-state index contributed by atoms with van der Waals surface area (Å²) in [6, 6.07) is 8.21. The molecule has 0 radical (unpaired) electrons. The van der Waals surface area contributed by atoms with Crippen molar-refractivity contribution in [1.29, 1.82) is 0 Å². The van der Waals surface area contributed by atoms with Crippen molar-refractivity contribution in [1.82, 2.24) is 4.98 Å². The van der Waals surface area contributed by atoms with Gasteiger partial charge >= 0.3 is 0 Å². The van der Waals surface area contributed by atoms with Gasteiger partial charge in [-0.25, -0.2) is 0 Å². The second-order valence-electron chi connectivity index (χ2n) is 3.74. The van der Waals surface area contributed by atoms with Gasteiger partial charge in [0.25, 0.3) is 0 Å². The van der Waals surface area contributed by atoms with Crippen LogP contribution in [0.1, 0.15) is 18.2 Å². The van der Waals surface area contributed by atoms with Crippen molar-refractivity contribution in [2.75, 3.05) is 6.61 Å². The number of rotatable bonds is 3. The topological polar surface area (TPSA) is 22.1 Å². The third-order valence-electron chi connectivity index (χ3n) is 2.50. The Morgan fingerprint density at radius 2 is 2.12 bits per heavy atom. The Labute approximate surface area is 95.6 Å². The first-order valence-corrected chi connectivity index (χ1v) is 5.39. The van der Waals surface area contributed by atoms with E-state index in [1.165, 1.54) is 5.39 Å². The lowest BCUT2D eigenvalue weighted by Crippen LogP contribution is -1.90. The molecule has 2 nitrogen and oxygen atoms in total. The number of pyridine rings is 1. The summed E-state index contributed by atoms with van der Waals surface area (Å²) in [5.41, 5.74) is 2.05. The molecule has 2 heteroatoms. The fourth-order valence-electron chi connectivity index (χ4n) is 1.68. The molecule has 0 saturated heterocycles. The first kappa shape index (κ1) is 10.7. The number of nitrogens with zero attached hydrogens (tertiary/aromatic N) is 1. The van der Waals surface area contributed by atoms with Crippen LogP contribution in [0, 0.1) is 6.92 Å². The van der Waals surface area contributed by atoms with E-state index >= 15 is 0 Å². The molecule has 0 unspecified atom stereocenters. The third kappa shape index (κ3) is 2.06. The van der Waals surface area contributed by atoms with Crippen LogP contribution in [-0.4, -0.2) is 11.6 Å². The third-order valence-corrected chi connectivity index (χ3v) is 2.50. The fraction of sp³-hybridized carbons (Fsp3) is 0.214. The van der Waals surface area contributed by atoms with Crippen molar-refractivity contribution in [3.63, 3.8) is 0 Å². The predicted molar refractivity (Wildman–Crippen MR) is 67.1 cm³/mol. The summed E-state index contributed by atoms with van der Waals surface area (Å²) in [6.07, 6.45) is 1.89.